The molecule has 0 atom stereocenters. The van der Waals surface area contributed by atoms with Gasteiger partial charge in [0.25, 0.3) is 5.91 Å². The van der Waals surface area contributed by atoms with Crippen molar-refractivity contribution in [1.82, 2.24) is 10.6 Å². The lowest BCUT2D eigenvalue weighted by Gasteiger charge is -2.08. The largest absolute Gasteiger partial charge is 0.405 e. The Morgan fingerprint density at radius 1 is 1.10 bits per heavy atom. The van der Waals surface area contributed by atoms with E-state index >= 15 is 0 Å². The topological polar surface area (TPSA) is 58.2 Å². The van der Waals surface area contributed by atoms with E-state index in [4.69, 9.17) is 11.6 Å². The summed E-state index contributed by atoms with van der Waals surface area (Å²) in [5.74, 6) is -1.03. The molecule has 1 rings (SSSR count). The number of carbonyl (C=O) groups excluding carboxylic acids is 2. The van der Waals surface area contributed by atoms with E-state index in [2.05, 4.69) is 5.32 Å². The molecule has 0 spiro atoms. The molecule has 0 radical (unpaired) electrons. The van der Waals surface area contributed by atoms with E-state index in [9.17, 15) is 22.8 Å². The van der Waals surface area contributed by atoms with Gasteiger partial charge in [0, 0.05) is 23.6 Å². The van der Waals surface area contributed by atoms with Crippen LogP contribution in [0.1, 0.15) is 23.2 Å². The molecule has 1 aromatic rings. The van der Waals surface area contributed by atoms with Crippen molar-refractivity contribution >= 4 is 23.4 Å². The van der Waals surface area contributed by atoms with Crippen LogP contribution in [0.3, 0.4) is 0 Å². The minimum absolute atomic E-state index is 0.0863. The molecule has 2 amide bonds. The fourth-order valence-electron chi connectivity index (χ4n) is 1.44. The second-order valence-corrected chi connectivity index (χ2v) is 4.69. The first-order valence-electron chi connectivity index (χ1n) is 6.15. The molecule has 0 aliphatic carbocycles. The maximum Gasteiger partial charge on any atom is 0.405 e. The van der Waals surface area contributed by atoms with Crippen LogP contribution in [0.15, 0.2) is 24.3 Å². The second kappa shape index (κ2) is 7.87. The highest BCUT2D eigenvalue weighted by Gasteiger charge is 2.27. The molecule has 0 aromatic heterocycles. The van der Waals surface area contributed by atoms with Crippen LogP contribution in [-0.4, -0.2) is 31.1 Å². The van der Waals surface area contributed by atoms with E-state index in [1.165, 1.54) is 0 Å². The summed E-state index contributed by atoms with van der Waals surface area (Å²) in [6, 6.07) is 6.24. The van der Waals surface area contributed by atoms with Crippen LogP contribution < -0.4 is 10.6 Å². The van der Waals surface area contributed by atoms with Crippen molar-refractivity contribution in [3.05, 3.63) is 34.9 Å². The Morgan fingerprint density at radius 2 is 1.71 bits per heavy atom. The predicted octanol–water partition coefficient (Wildman–Crippen LogP) is 2.53. The van der Waals surface area contributed by atoms with Crippen molar-refractivity contribution in [2.24, 2.45) is 0 Å². The maximum absolute atomic E-state index is 11.8. The highest BCUT2D eigenvalue weighted by molar-refractivity contribution is 6.30. The first-order valence-corrected chi connectivity index (χ1v) is 6.53. The standard InChI is InChI=1S/C13H14ClF3N2O2/c14-10-5-3-9(4-6-10)12(21)18-7-1-2-11(20)19-8-13(15,16)17/h3-6H,1-2,7-8H2,(H,18,21)(H,19,20). The summed E-state index contributed by atoms with van der Waals surface area (Å²) in [6.45, 7) is -1.15. The third-order valence-corrected chi connectivity index (χ3v) is 2.71. The van der Waals surface area contributed by atoms with Crippen molar-refractivity contribution in [2.75, 3.05) is 13.1 Å². The van der Waals surface area contributed by atoms with Crippen LogP contribution in [0, 0.1) is 0 Å². The molecule has 8 heteroatoms. The number of halogens is 4. The van der Waals surface area contributed by atoms with E-state index in [1.54, 1.807) is 29.6 Å². The molecule has 2 N–H and O–H groups in total. The summed E-state index contributed by atoms with van der Waals surface area (Å²) in [4.78, 5) is 22.8. The smallest absolute Gasteiger partial charge is 0.352 e. The number of alkyl halides is 3. The molecular weight excluding hydrogens is 309 g/mol. The lowest BCUT2D eigenvalue weighted by Crippen LogP contribution is -2.34. The molecule has 0 unspecified atom stereocenters. The zero-order chi connectivity index (χ0) is 15.9. The number of hydrogen-bond acceptors (Lipinski definition) is 2. The average Bonchev–Trinajstić information content (AvgIpc) is 2.41. The summed E-state index contributed by atoms with van der Waals surface area (Å²) in [7, 11) is 0. The molecule has 21 heavy (non-hydrogen) atoms. The van der Waals surface area contributed by atoms with E-state index in [0.29, 0.717) is 10.6 Å². The molecule has 0 aliphatic heterocycles. The lowest BCUT2D eigenvalue weighted by atomic mass is 10.2. The third kappa shape index (κ3) is 7.55. The fourth-order valence-corrected chi connectivity index (χ4v) is 1.57. The maximum atomic E-state index is 11.8. The Bertz CT molecular complexity index is 489. The normalized spacial score (nSPS) is 11.0. The van der Waals surface area contributed by atoms with Crippen molar-refractivity contribution in [3.63, 3.8) is 0 Å². The summed E-state index contributed by atoms with van der Waals surface area (Å²) in [5, 5.41) is 4.83. The average molecular weight is 323 g/mol. The van der Waals surface area contributed by atoms with E-state index < -0.39 is 18.6 Å². The van der Waals surface area contributed by atoms with Gasteiger partial charge in [0.15, 0.2) is 0 Å². The monoisotopic (exact) mass is 322 g/mol. The van der Waals surface area contributed by atoms with Crippen molar-refractivity contribution in [1.29, 1.82) is 0 Å². The zero-order valence-corrected chi connectivity index (χ0v) is 11.7. The summed E-state index contributed by atoms with van der Waals surface area (Å²) < 4.78 is 35.5. The van der Waals surface area contributed by atoms with Gasteiger partial charge in [-0.25, -0.2) is 0 Å². The van der Waals surface area contributed by atoms with E-state index in [0.717, 1.165) is 0 Å². The van der Waals surface area contributed by atoms with E-state index in [1.807, 2.05) is 0 Å². The van der Waals surface area contributed by atoms with E-state index in [-0.39, 0.29) is 25.3 Å². The fraction of sp³-hybridized carbons (Fsp3) is 0.385. The van der Waals surface area contributed by atoms with Gasteiger partial charge in [-0.2, -0.15) is 13.2 Å². The molecule has 116 valence electrons. The first kappa shape index (κ1) is 17.3. The van der Waals surface area contributed by atoms with Gasteiger partial charge >= 0.3 is 6.18 Å². The molecule has 0 heterocycles. The SMILES string of the molecule is O=C(CCCNC(=O)c1ccc(Cl)cc1)NCC(F)(F)F. The number of hydrogen-bond donors (Lipinski definition) is 2. The van der Waals surface area contributed by atoms with Crippen LogP contribution in [0.4, 0.5) is 13.2 Å². The van der Waals surface area contributed by atoms with Crippen LogP contribution >= 0.6 is 11.6 Å². The van der Waals surface area contributed by atoms with Gasteiger partial charge in [-0.1, -0.05) is 11.6 Å². The summed E-state index contributed by atoms with van der Waals surface area (Å²) in [6.07, 6.45) is -4.25. The van der Waals surface area contributed by atoms with Crippen LogP contribution in [-0.2, 0) is 4.79 Å². The molecule has 0 saturated carbocycles. The second-order valence-electron chi connectivity index (χ2n) is 4.26. The molecular formula is C13H14ClF3N2O2. The molecule has 0 saturated heterocycles. The summed E-state index contributed by atoms with van der Waals surface area (Å²) >= 11 is 5.68. The zero-order valence-electron chi connectivity index (χ0n) is 11.0. The van der Waals surface area contributed by atoms with Crippen molar-refractivity contribution < 1.29 is 22.8 Å². The number of carbonyl (C=O) groups is 2. The summed E-state index contributed by atoms with van der Waals surface area (Å²) in [5.41, 5.74) is 0.418. The third-order valence-electron chi connectivity index (χ3n) is 2.46. The first-order chi connectivity index (χ1) is 9.78. The van der Waals surface area contributed by atoms with Crippen molar-refractivity contribution in [2.45, 2.75) is 19.0 Å². The number of benzene rings is 1. The van der Waals surface area contributed by atoms with Gasteiger partial charge in [0.05, 0.1) is 0 Å². The van der Waals surface area contributed by atoms with Crippen LogP contribution in [0.5, 0.6) is 0 Å². The van der Waals surface area contributed by atoms with Gasteiger partial charge in [0.1, 0.15) is 6.54 Å². The minimum Gasteiger partial charge on any atom is -0.352 e. The predicted molar refractivity (Wildman–Crippen MR) is 72.1 cm³/mol. The highest BCUT2D eigenvalue weighted by Crippen LogP contribution is 2.12. The Morgan fingerprint density at radius 3 is 2.29 bits per heavy atom. The quantitative estimate of drug-likeness (QED) is 0.791. The van der Waals surface area contributed by atoms with Gasteiger partial charge in [0.2, 0.25) is 5.91 Å². The van der Waals surface area contributed by atoms with Gasteiger partial charge in [-0.05, 0) is 30.7 Å². The molecule has 1 aromatic carbocycles. The van der Waals surface area contributed by atoms with Gasteiger partial charge < -0.3 is 10.6 Å². The Labute approximate surface area is 124 Å². The lowest BCUT2D eigenvalue weighted by molar-refractivity contribution is -0.138. The minimum atomic E-state index is -4.42. The number of rotatable bonds is 6. The molecule has 4 nitrogen and oxygen atoms in total. The van der Waals surface area contributed by atoms with Crippen LogP contribution in [0.2, 0.25) is 5.02 Å². The number of amides is 2. The highest BCUT2D eigenvalue weighted by atomic mass is 35.5. The van der Waals surface area contributed by atoms with Crippen molar-refractivity contribution in [3.8, 4) is 0 Å². The molecule has 0 aliphatic rings. The number of nitrogens with one attached hydrogen (secondary N) is 2. The Hall–Kier alpha value is -1.76. The van der Waals surface area contributed by atoms with Gasteiger partial charge in [-0.3, -0.25) is 9.59 Å². The Kier molecular flexibility index (Phi) is 6.48. The van der Waals surface area contributed by atoms with Gasteiger partial charge in [-0.15, -0.1) is 0 Å². The molecule has 0 bridgehead atoms. The Balaban J connectivity index is 2.20. The van der Waals surface area contributed by atoms with Crippen LogP contribution in [0.25, 0.3) is 0 Å². The molecule has 0 fully saturated rings.